The minimum Gasteiger partial charge on any atom is -0.834 e. The lowest BCUT2D eigenvalue weighted by atomic mass is 9.86. The van der Waals surface area contributed by atoms with Crippen LogP contribution < -0.4 is 10.4 Å². The normalized spacial score (nSPS) is 20.4. The second-order valence-electron chi connectivity index (χ2n) is 8.78. The summed E-state index contributed by atoms with van der Waals surface area (Å²) in [5.74, 6) is -0.0599. The fourth-order valence-corrected chi connectivity index (χ4v) is 4.31. The van der Waals surface area contributed by atoms with E-state index in [1.807, 2.05) is 7.05 Å². The number of nitrogens with one attached hydrogen (secondary N) is 1. The van der Waals surface area contributed by atoms with E-state index in [1.165, 1.54) is 0 Å². The Morgan fingerprint density at radius 1 is 1.15 bits per heavy atom. The smallest absolute Gasteiger partial charge is 0.304 e. The molecular weight excluding hydrogens is 422 g/mol. The van der Waals surface area contributed by atoms with Gasteiger partial charge in [-0.25, -0.2) is 0 Å². The van der Waals surface area contributed by atoms with Crippen LogP contribution >= 0.6 is 0 Å². The first-order valence-corrected chi connectivity index (χ1v) is 10.9. The van der Waals surface area contributed by atoms with Crippen LogP contribution in [-0.2, 0) is 19.9 Å². The van der Waals surface area contributed by atoms with E-state index in [9.17, 15) is 14.7 Å². The summed E-state index contributed by atoms with van der Waals surface area (Å²) >= 11 is 0. The van der Waals surface area contributed by atoms with E-state index in [4.69, 9.17) is 9.26 Å². The Labute approximate surface area is 192 Å². The number of aromatic nitrogens is 1. The molecule has 0 radical (unpaired) electrons. The monoisotopic (exact) mass is 449 g/mol. The van der Waals surface area contributed by atoms with Crippen molar-refractivity contribution in [3.8, 4) is 0 Å². The highest BCUT2D eigenvalue weighted by Crippen LogP contribution is 2.30. The highest BCUT2D eigenvalue weighted by Gasteiger charge is 2.41. The SMILES string of the molecule is Cc1cc(NC(=O)C[N+]2(C)CC[C@@H](OC(=O)C([O-])(c3ccccc3)c3ccccc3)C2)no1. The van der Waals surface area contributed by atoms with E-state index < -0.39 is 17.7 Å². The van der Waals surface area contributed by atoms with Crippen molar-refractivity contribution in [2.45, 2.75) is 25.0 Å². The summed E-state index contributed by atoms with van der Waals surface area (Å²) in [5.41, 5.74) is -1.51. The predicted molar refractivity (Wildman–Crippen MR) is 119 cm³/mol. The Morgan fingerprint density at radius 2 is 1.76 bits per heavy atom. The maximum absolute atomic E-state index is 14.0. The van der Waals surface area contributed by atoms with Crippen LogP contribution in [0.15, 0.2) is 71.3 Å². The fourth-order valence-electron chi connectivity index (χ4n) is 4.31. The lowest BCUT2D eigenvalue weighted by Crippen LogP contribution is -2.52. The Bertz CT molecular complexity index is 1080. The molecule has 3 aromatic rings. The van der Waals surface area contributed by atoms with Crippen molar-refractivity contribution >= 4 is 17.7 Å². The zero-order valence-electron chi connectivity index (χ0n) is 18.7. The molecule has 1 N–H and O–H groups in total. The third-order valence-electron chi connectivity index (χ3n) is 5.98. The molecule has 1 amide bonds. The van der Waals surface area contributed by atoms with E-state index in [0.29, 0.717) is 46.7 Å². The molecule has 0 bridgehead atoms. The van der Waals surface area contributed by atoms with E-state index in [1.54, 1.807) is 73.7 Å². The number of carbonyl (C=O) groups is 2. The molecule has 1 aliphatic rings. The zero-order chi connectivity index (χ0) is 23.5. The van der Waals surface area contributed by atoms with E-state index >= 15 is 0 Å². The molecule has 172 valence electrons. The lowest BCUT2D eigenvalue weighted by molar-refractivity contribution is -0.890. The third kappa shape index (κ3) is 4.97. The standard InChI is InChI=1S/C25H27N3O5/c1-18-15-22(27-33-18)26-23(29)17-28(2)14-13-21(16-28)32-24(30)25(31,19-9-5-3-6-10-19)20-11-7-4-8-12-20/h3-12,15,21H,13-14,16-17H2,1-2H3,(H,26,27,29)/t21-,28?/m1/s1. The predicted octanol–water partition coefficient (Wildman–Crippen LogP) is 1.99. The topological polar surface area (TPSA) is 104 Å². The van der Waals surface area contributed by atoms with E-state index in [2.05, 4.69) is 10.5 Å². The Balaban J connectivity index is 1.44. The molecule has 2 atom stereocenters. The van der Waals surface area contributed by atoms with Gasteiger partial charge in [0.25, 0.3) is 5.91 Å². The summed E-state index contributed by atoms with van der Waals surface area (Å²) in [6.07, 6.45) is 0.114. The summed E-state index contributed by atoms with van der Waals surface area (Å²) in [5, 5.41) is 20.5. The van der Waals surface area contributed by atoms with Crippen LogP contribution in [0.4, 0.5) is 5.82 Å². The summed E-state index contributed by atoms with van der Waals surface area (Å²) in [4.78, 5) is 25.7. The van der Waals surface area contributed by atoms with Gasteiger partial charge in [-0.2, -0.15) is 0 Å². The maximum Gasteiger partial charge on any atom is 0.304 e. The van der Waals surface area contributed by atoms with Gasteiger partial charge in [-0.05, 0) is 18.1 Å². The number of nitrogens with zero attached hydrogens (tertiary/aromatic N) is 2. The Kier molecular flexibility index (Phi) is 6.31. The highest BCUT2D eigenvalue weighted by molar-refractivity contribution is 5.90. The second-order valence-corrected chi connectivity index (χ2v) is 8.78. The van der Waals surface area contributed by atoms with Crippen LogP contribution in [0.1, 0.15) is 23.3 Å². The number of hydrogen-bond donors (Lipinski definition) is 1. The number of ether oxygens (including phenoxy) is 1. The molecule has 8 nitrogen and oxygen atoms in total. The first kappa shape index (κ1) is 22.7. The molecule has 1 saturated heterocycles. The van der Waals surface area contributed by atoms with Crippen LogP contribution in [0.2, 0.25) is 0 Å². The number of benzene rings is 2. The van der Waals surface area contributed by atoms with Gasteiger partial charge in [-0.1, -0.05) is 65.8 Å². The molecule has 8 heteroatoms. The molecule has 1 fully saturated rings. The number of carbonyl (C=O) groups excluding carboxylic acids is 2. The number of esters is 1. The van der Waals surface area contributed by atoms with Crippen molar-refractivity contribution in [2.75, 3.05) is 32.0 Å². The van der Waals surface area contributed by atoms with Gasteiger partial charge in [0.05, 0.1) is 13.6 Å². The van der Waals surface area contributed by atoms with Crippen LogP contribution in [0.25, 0.3) is 0 Å². The van der Waals surface area contributed by atoms with E-state index in [-0.39, 0.29) is 12.5 Å². The molecule has 4 rings (SSSR count). The number of likely N-dealkylation sites (N-methyl/N-ethyl adjacent to an activating group) is 1. The molecule has 1 aromatic heterocycles. The lowest BCUT2D eigenvalue weighted by Gasteiger charge is -2.39. The van der Waals surface area contributed by atoms with Gasteiger partial charge in [-0.15, -0.1) is 0 Å². The first-order chi connectivity index (χ1) is 15.8. The molecule has 1 unspecified atom stereocenters. The molecule has 2 aromatic carbocycles. The van der Waals surface area contributed by atoms with Gasteiger partial charge in [0.2, 0.25) is 0 Å². The second kappa shape index (κ2) is 9.17. The van der Waals surface area contributed by atoms with Gasteiger partial charge < -0.3 is 24.2 Å². The van der Waals surface area contributed by atoms with Crippen LogP contribution in [0.5, 0.6) is 0 Å². The minimum atomic E-state index is -2.17. The number of quaternary nitrogens is 1. The van der Waals surface area contributed by atoms with Crippen molar-refractivity contribution in [2.24, 2.45) is 0 Å². The molecular formula is C25H27N3O5. The summed E-state index contributed by atoms with van der Waals surface area (Å²) in [6, 6.07) is 18.8. The molecule has 0 saturated carbocycles. The summed E-state index contributed by atoms with van der Waals surface area (Å²) < 4.78 is 11.1. The first-order valence-electron chi connectivity index (χ1n) is 10.9. The van der Waals surface area contributed by atoms with Crippen molar-refractivity contribution in [3.05, 3.63) is 83.6 Å². The average molecular weight is 450 g/mol. The molecule has 0 aliphatic carbocycles. The largest absolute Gasteiger partial charge is 0.834 e. The van der Waals surface area contributed by atoms with Crippen molar-refractivity contribution in [1.29, 1.82) is 0 Å². The Morgan fingerprint density at radius 3 is 2.30 bits per heavy atom. The van der Waals surface area contributed by atoms with Crippen LogP contribution in [-0.4, -0.2) is 54.3 Å². The van der Waals surface area contributed by atoms with Crippen molar-refractivity contribution in [3.63, 3.8) is 0 Å². The van der Waals surface area contributed by atoms with Crippen molar-refractivity contribution in [1.82, 2.24) is 5.16 Å². The van der Waals surface area contributed by atoms with Gasteiger partial charge in [0, 0.05) is 18.1 Å². The van der Waals surface area contributed by atoms with E-state index in [0.717, 1.165) is 0 Å². The zero-order valence-corrected chi connectivity index (χ0v) is 18.7. The van der Waals surface area contributed by atoms with Gasteiger partial charge in [0.15, 0.2) is 18.5 Å². The molecule has 1 aliphatic heterocycles. The van der Waals surface area contributed by atoms with Crippen LogP contribution in [0, 0.1) is 6.92 Å². The average Bonchev–Trinajstić information content (AvgIpc) is 3.38. The molecule has 0 spiro atoms. The number of likely N-dealkylation sites (tertiary alicyclic amines) is 1. The quantitative estimate of drug-likeness (QED) is 0.437. The van der Waals surface area contributed by atoms with Crippen LogP contribution in [0.3, 0.4) is 0 Å². The number of aryl methyl sites for hydroxylation is 1. The number of hydrogen-bond acceptors (Lipinski definition) is 6. The summed E-state index contributed by atoms with van der Waals surface area (Å²) in [6.45, 7) is 3.03. The number of anilines is 1. The van der Waals surface area contributed by atoms with Crippen molar-refractivity contribution < 1.29 is 28.4 Å². The number of amides is 1. The third-order valence-corrected chi connectivity index (χ3v) is 5.98. The van der Waals surface area contributed by atoms with Gasteiger partial charge in [-0.3, -0.25) is 9.59 Å². The number of rotatable bonds is 7. The van der Waals surface area contributed by atoms with Gasteiger partial charge >= 0.3 is 5.97 Å². The molecule has 2 heterocycles. The Hall–Kier alpha value is -3.49. The summed E-state index contributed by atoms with van der Waals surface area (Å²) in [7, 11) is 1.93. The fraction of sp³-hybridized carbons (Fsp3) is 0.320. The maximum atomic E-state index is 14.0. The highest BCUT2D eigenvalue weighted by atomic mass is 16.6. The van der Waals surface area contributed by atoms with Gasteiger partial charge in [0.1, 0.15) is 12.3 Å². The minimum absolute atomic E-state index is 0.194. The molecule has 33 heavy (non-hydrogen) atoms.